The number of esters is 1. The molecule has 1 N–H and O–H groups in total. The average molecular weight is 386 g/mol. The van der Waals surface area contributed by atoms with Crippen LogP contribution < -0.4 is 5.32 Å². The van der Waals surface area contributed by atoms with Crippen LogP contribution in [0.1, 0.15) is 59.3 Å². The Labute approximate surface area is 161 Å². The molecule has 0 aromatic carbocycles. The second-order valence-corrected chi connectivity index (χ2v) is 7.77. The topological polar surface area (TPSA) is 94.2 Å². The molecule has 8 heteroatoms. The van der Waals surface area contributed by atoms with Crippen LogP contribution in [0.3, 0.4) is 0 Å². The van der Waals surface area contributed by atoms with E-state index in [1.54, 1.807) is 27.9 Å². The Morgan fingerprint density at radius 2 is 1.74 bits per heavy atom. The van der Waals surface area contributed by atoms with Gasteiger partial charge in [0, 0.05) is 26.5 Å². The van der Waals surface area contributed by atoms with Gasteiger partial charge in [0.2, 0.25) is 5.91 Å². The molecule has 0 saturated carbocycles. The van der Waals surface area contributed by atoms with E-state index in [-0.39, 0.29) is 18.0 Å². The molecule has 0 radical (unpaired) electrons. The molecule has 0 unspecified atom stereocenters. The molecule has 2 amide bonds. The zero-order valence-corrected chi connectivity index (χ0v) is 17.2. The first-order valence-corrected chi connectivity index (χ1v) is 9.55. The Hall–Kier alpha value is -1.83. The van der Waals surface area contributed by atoms with Gasteiger partial charge in [-0.1, -0.05) is 12.8 Å². The molecule has 0 aromatic heterocycles. The van der Waals surface area contributed by atoms with Crippen molar-refractivity contribution in [2.24, 2.45) is 0 Å². The highest BCUT2D eigenvalue weighted by Crippen LogP contribution is 2.23. The number of nitrogens with one attached hydrogen (secondary N) is 1. The van der Waals surface area contributed by atoms with E-state index >= 15 is 0 Å². The number of hydrogen-bond donors (Lipinski definition) is 1. The molecule has 1 aliphatic heterocycles. The molecule has 156 valence electrons. The van der Waals surface area contributed by atoms with Gasteiger partial charge in [-0.2, -0.15) is 0 Å². The summed E-state index contributed by atoms with van der Waals surface area (Å²) in [7, 11) is 2.96. The lowest BCUT2D eigenvalue weighted by Gasteiger charge is -2.27. The number of nitrogens with zero attached hydrogens (tertiary/aromatic N) is 1. The minimum atomic E-state index is -0.618. The molecule has 1 saturated heterocycles. The van der Waals surface area contributed by atoms with Crippen LogP contribution in [0.2, 0.25) is 0 Å². The summed E-state index contributed by atoms with van der Waals surface area (Å²) >= 11 is 0. The van der Waals surface area contributed by atoms with E-state index in [0.717, 1.165) is 25.7 Å². The van der Waals surface area contributed by atoms with Crippen LogP contribution in [0, 0.1) is 0 Å². The largest absolute Gasteiger partial charge is 0.469 e. The van der Waals surface area contributed by atoms with Gasteiger partial charge in [-0.05, 0) is 33.6 Å². The number of unbranched alkanes of at least 4 members (excludes halogenated alkanes) is 3. The maximum atomic E-state index is 12.5. The summed E-state index contributed by atoms with van der Waals surface area (Å²) in [5.74, 6) is -0.380. The van der Waals surface area contributed by atoms with E-state index in [2.05, 4.69) is 10.1 Å². The van der Waals surface area contributed by atoms with Gasteiger partial charge in [-0.3, -0.25) is 14.5 Å². The second kappa shape index (κ2) is 11.1. The number of hydrogen-bond acceptors (Lipinski definition) is 6. The highest BCUT2D eigenvalue weighted by molar-refractivity contribution is 5.86. The van der Waals surface area contributed by atoms with Crippen molar-refractivity contribution in [3.8, 4) is 0 Å². The average Bonchev–Trinajstić information content (AvgIpc) is 3.03. The minimum absolute atomic E-state index is 0.174. The molecule has 1 heterocycles. The highest BCUT2D eigenvalue weighted by Gasteiger charge is 2.41. The van der Waals surface area contributed by atoms with Crippen LogP contribution >= 0.6 is 0 Å². The molecule has 0 bridgehead atoms. The standard InChI is InChI=1S/C19H34N2O6/c1-19(2,3)27-18(24)21-13-14(25-4)12-15(21)17(23)20-11-9-7-6-8-10-16(22)26-5/h14-15H,6-13H2,1-5H3,(H,20,23)/t14-,15+/m0/s1. The number of methoxy groups -OCH3 is 2. The summed E-state index contributed by atoms with van der Waals surface area (Å²) in [6.07, 6.45) is 3.64. The predicted molar refractivity (Wildman–Crippen MR) is 100 cm³/mol. The van der Waals surface area contributed by atoms with Crippen molar-refractivity contribution in [1.29, 1.82) is 0 Å². The SMILES string of the molecule is COC(=O)CCCCCCNC(=O)[C@H]1C[C@H](OC)CN1C(=O)OC(C)(C)C. The maximum Gasteiger partial charge on any atom is 0.411 e. The predicted octanol–water partition coefficient (Wildman–Crippen LogP) is 2.25. The minimum Gasteiger partial charge on any atom is -0.469 e. The number of ether oxygens (including phenoxy) is 3. The zero-order chi connectivity index (χ0) is 20.4. The third kappa shape index (κ3) is 8.60. The summed E-state index contributed by atoms with van der Waals surface area (Å²) in [6, 6.07) is -0.580. The Bertz CT molecular complexity index is 503. The summed E-state index contributed by atoms with van der Waals surface area (Å²) < 4.78 is 15.3. The Morgan fingerprint density at radius 1 is 1.07 bits per heavy atom. The molecule has 1 fully saturated rings. The van der Waals surface area contributed by atoms with E-state index in [1.165, 1.54) is 12.0 Å². The van der Waals surface area contributed by atoms with Gasteiger partial charge < -0.3 is 19.5 Å². The van der Waals surface area contributed by atoms with Crippen LogP contribution in [0.5, 0.6) is 0 Å². The summed E-state index contributed by atoms with van der Waals surface area (Å²) in [4.78, 5) is 37.4. The summed E-state index contributed by atoms with van der Waals surface area (Å²) in [5, 5.41) is 2.89. The van der Waals surface area contributed by atoms with Crippen LogP contribution in [-0.2, 0) is 23.8 Å². The Balaban J connectivity index is 2.39. The fourth-order valence-corrected chi connectivity index (χ4v) is 2.92. The van der Waals surface area contributed by atoms with Crippen LogP contribution in [0.15, 0.2) is 0 Å². The monoisotopic (exact) mass is 386 g/mol. The van der Waals surface area contributed by atoms with Crippen molar-refractivity contribution < 1.29 is 28.6 Å². The molecule has 27 heavy (non-hydrogen) atoms. The quantitative estimate of drug-likeness (QED) is 0.482. The van der Waals surface area contributed by atoms with E-state index in [4.69, 9.17) is 9.47 Å². The lowest BCUT2D eigenvalue weighted by Crippen LogP contribution is -2.47. The van der Waals surface area contributed by atoms with E-state index in [9.17, 15) is 14.4 Å². The number of carbonyl (C=O) groups excluding carboxylic acids is 3. The van der Waals surface area contributed by atoms with Gasteiger partial charge >= 0.3 is 12.1 Å². The lowest BCUT2D eigenvalue weighted by molar-refractivity contribution is -0.140. The first kappa shape index (κ1) is 23.2. The molecule has 0 aliphatic carbocycles. The van der Waals surface area contributed by atoms with Gasteiger partial charge in [-0.15, -0.1) is 0 Å². The van der Waals surface area contributed by atoms with Crippen LogP contribution in [0.25, 0.3) is 0 Å². The smallest absolute Gasteiger partial charge is 0.411 e. The normalized spacial score (nSPS) is 19.7. The van der Waals surface area contributed by atoms with Crippen molar-refractivity contribution in [2.45, 2.75) is 77.0 Å². The molecule has 2 atom stereocenters. The fraction of sp³-hybridized carbons (Fsp3) is 0.842. The van der Waals surface area contributed by atoms with Gasteiger partial charge in [0.15, 0.2) is 0 Å². The molecule has 0 aromatic rings. The van der Waals surface area contributed by atoms with Crippen LogP contribution in [-0.4, -0.2) is 67.9 Å². The van der Waals surface area contributed by atoms with E-state index in [1.807, 2.05) is 0 Å². The number of carbonyl (C=O) groups is 3. The van der Waals surface area contributed by atoms with Gasteiger partial charge in [0.05, 0.1) is 19.8 Å². The number of rotatable bonds is 9. The summed E-state index contributed by atoms with van der Waals surface area (Å²) in [6.45, 7) is 6.27. The molecular weight excluding hydrogens is 352 g/mol. The first-order chi connectivity index (χ1) is 12.7. The Morgan fingerprint density at radius 3 is 2.33 bits per heavy atom. The van der Waals surface area contributed by atoms with E-state index in [0.29, 0.717) is 25.9 Å². The fourth-order valence-electron chi connectivity index (χ4n) is 2.92. The third-order valence-corrected chi connectivity index (χ3v) is 4.36. The van der Waals surface area contributed by atoms with Crippen molar-refractivity contribution >= 4 is 18.0 Å². The van der Waals surface area contributed by atoms with E-state index < -0.39 is 17.7 Å². The van der Waals surface area contributed by atoms with Gasteiger partial charge in [-0.25, -0.2) is 4.79 Å². The second-order valence-electron chi connectivity index (χ2n) is 7.77. The van der Waals surface area contributed by atoms with Crippen molar-refractivity contribution in [3.05, 3.63) is 0 Å². The van der Waals surface area contributed by atoms with Crippen molar-refractivity contribution in [3.63, 3.8) is 0 Å². The first-order valence-electron chi connectivity index (χ1n) is 9.55. The molecule has 1 rings (SSSR count). The Kier molecular flexibility index (Phi) is 9.55. The van der Waals surface area contributed by atoms with Crippen molar-refractivity contribution in [2.75, 3.05) is 27.3 Å². The number of amides is 2. The molecule has 8 nitrogen and oxygen atoms in total. The highest BCUT2D eigenvalue weighted by atomic mass is 16.6. The lowest BCUT2D eigenvalue weighted by atomic mass is 10.1. The summed E-state index contributed by atoms with van der Waals surface area (Å²) in [5.41, 5.74) is -0.618. The van der Waals surface area contributed by atoms with Crippen LogP contribution in [0.4, 0.5) is 4.79 Å². The van der Waals surface area contributed by atoms with Crippen molar-refractivity contribution in [1.82, 2.24) is 10.2 Å². The molecular formula is C19H34N2O6. The molecule has 0 spiro atoms. The zero-order valence-electron chi connectivity index (χ0n) is 17.2. The van der Waals surface area contributed by atoms with Gasteiger partial charge in [0.25, 0.3) is 0 Å². The number of likely N-dealkylation sites (tertiary alicyclic amines) is 1. The third-order valence-electron chi connectivity index (χ3n) is 4.36. The van der Waals surface area contributed by atoms with Gasteiger partial charge in [0.1, 0.15) is 11.6 Å². The maximum absolute atomic E-state index is 12.5. The molecule has 1 aliphatic rings.